The summed E-state index contributed by atoms with van der Waals surface area (Å²) in [6.07, 6.45) is 9.40. The first-order valence-corrected chi connectivity index (χ1v) is 18.8. The summed E-state index contributed by atoms with van der Waals surface area (Å²) < 4.78 is 39.0. The number of anilines is 1. The van der Waals surface area contributed by atoms with Crippen LogP contribution in [0.5, 0.6) is 5.75 Å². The van der Waals surface area contributed by atoms with E-state index in [9.17, 15) is 22.8 Å². The van der Waals surface area contributed by atoms with Crippen LogP contribution in [0, 0.1) is 0 Å². The van der Waals surface area contributed by atoms with Gasteiger partial charge in [-0.05, 0) is 48.2 Å². The molecule has 13 heteroatoms. The molecule has 54 heavy (non-hydrogen) atoms. The molecule has 294 valence electrons. The van der Waals surface area contributed by atoms with E-state index in [4.69, 9.17) is 24.7 Å². The minimum atomic E-state index is -5.08. The van der Waals surface area contributed by atoms with Crippen LogP contribution in [0.1, 0.15) is 102 Å². The number of imidazole rings is 1. The largest absolute Gasteiger partial charge is 0.511 e. The van der Waals surface area contributed by atoms with Gasteiger partial charge in [0.2, 0.25) is 5.91 Å². The van der Waals surface area contributed by atoms with Gasteiger partial charge in [-0.2, -0.15) is 13.2 Å². The van der Waals surface area contributed by atoms with Crippen LogP contribution in [0.4, 0.5) is 23.7 Å². The topological polar surface area (TPSA) is 143 Å². The molecule has 0 radical (unpaired) electrons. The van der Waals surface area contributed by atoms with Crippen molar-refractivity contribution < 1.29 is 42.5 Å². The van der Waals surface area contributed by atoms with Crippen molar-refractivity contribution in [3.63, 3.8) is 0 Å². The summed E-state index contributed by atoms with van der Waals surface area (Å²) in [6.45, 7) is 6.04. The maximum absolute atomic E-state index is 12.5. The predicted octanol–water partition coefficient (Wildman–Crippen LogP) is 10.2. The first-order chi connectivity index (χ1) is 25.9. The minimum Gasteiger partial charge on any atom is -0.475 e. The minimum absolute atomic E-state index is 0.00795. The second kappa shape index (κ2) is 22.9. The maximum atomic E-state index is 12.5. The summed E-state index contributed by atoms with van der Waals surface area (Å²) in [5, 5.41) is 22.6. The van der Waals surface area contributed by atoms with Crippen molar-refractivity contribution in [2.75, 3.05) is 18.4 Å². The summed E-state index contributed by atoms with van der Waals surface area (Å²) in [5.41, 5.74) is 5.55. The van der Waals surface area contributed by atoms with Gasteiger partial charge in [-0.3, -0.25) is 4.79 Å². The number of ether oxygens (including phenoxy) is 1. The van der Waals surface area contributed by atoms with Gasteiger partial charge in [0.25, 0.3) is 0 Å². The molecule has 1 amide bonds. The van der Waals surface area contributed by atoms with Crippen LogP contribution < -0.4 is 15.4 Å². The second-order valence-corrected chi connectivity index (χ2v) is 13.2. The summed E-state index contributed by atoms with van der Waals surface area (Å²) in [6, 6.07) is 21.3. The maximum Gasteiger partial charge on any atom is 0.511 e. The molecule has 3 aromatic carbocycles. The van der Waals surface area contributed by atoms with E-state index in [1.54, 1.807) is 12.1 Å². The van der Waals surface area contributed by atoms with Crippen LogP contribution in [0.15, 0.2) is 66.7 Å². The molecule has 10 nitrogen and oxygen atoms in total. The highest BCUT2D eigenvalue weighted by Gasteiger charge is 2.38. The predicted molar refractivity (Wildman–Crippen MR) is 205 cm³/mol. The van der Waals surface area contributed by atoms with Crippen molar-refractivity contribution in [2.45, 2.75) is 110 Å². The number of unbranched alkanes of at least 4 members (excludes halogenated alkanes) is 10. The summed E-state index contributed by atoms with van der Waals surface area (Å²) in [4.78, 5) is 37.6. The molecule has 0 saturated heterocycles. The van der Waals surface area contributed by atoms with E-state index < -0.39 is 18.3 Å². The molecule has 0 spiro atoms. The fourth-order valence-electron chi connectivity index (χ4n) is 5.93. The van der Waals surface area contributed by atoms with E-state index in [0.29, 0.717) is 12.3 Å². The van der Waals surface area contributed by atoms with Gasteiger partial charge in [0.05, 0.1) is 17.6 Å². The summed E-state index contributed by atoms with van der Waals surface area (Å²) >= 11 is 0. The molecular formula is C41H53F3N4O6. The third kappa shape index (κ3) is 15.1. The van der Waals surface area contributed by atoms with Gasteiger partial charge in [0.1, 0.15) is 11.6 Å². The molecule has 0 saturated carbocycles. The number of hydrogen-bond acceptors (Lipinski definition) is 6. The van der Waals surface area contributed by atoms with Gasteiger partial charge < -0.3 is 30.2 Å². The first kappa shape index (κ1) is 43.3. The number of aryl methyl sites for hydroxylation is 1. The monoisotopic (exact) mass is 754 g/mol. The van der Waals surface area contributed by atoms with Crippen LogP contribution in [-0.2, 0) is 22.6 Å². The smallest absolute Gasteiger partial charge is 0.475 e. The third-order valence-electron chi connectivity index (χ3n) is 8.82. The molecule has 0 bridgehead atoms. The highest BCUT2D eigenvalue weighted by atomic mass is 19.4. The van der Waals surface area contributed by atoms with Crippen LogP contribution in [0.3, 0.4) is 0 Å². The molecule has 0 fully saturated rings. The number of fused-ring (bicyclic) bond motifs is 1. The number of carbonyl (C=O) groups is 3. The Labute approximate surface area is 315 Å². The fourth-order valence-corrected chi connectivity index (χ4v) is 5.93. The van der Waals surface area contributed by atoms with Crippen molar-refractivity contribution in [3.8, 4) is 16.9 Å². The summed E-state index contributed by atoms with van der Waals surface area (Å²) in [5.74, 6) is -1.40. The van der Waals surface area contributed by atoms with Gasteiger partial charge in [0, 0.05) is 30.8 Å². The normalized spacial score (nSPS) is 11.1. The van der Waals surface area contributed by atoms with Gasteiger partial charge >= 0.3 is 18.3 Å². The number of benzene rings is 3. The molecule has 1 heterocycles. The number of hydrogen-bond donors (Lipinski definition) is 4. The zero-order valence-corrected chi connectivity index (χ0v) is 31.2. The third-order valence-corrected chi connectivity index (χ3v) is 8.82. The molecule has 4 N–H and O–H groups in total. The van der Waals surface area contributed by atoms with E-state index >= 15 is 0 Å². The van der Waals surface area contributed by atoms with Crippen LogP contribution in [-0.4, -0.2) is 57.1 Å². The Morgan fingerprint density at radius 1 is 0.796 bits per heavy atom. The molecule has 0 aliphatic carbocycles. The number of nitrogens with zero attached hydrogens (tertiary/aromatic N) is 2. The molecule has 0 atom stereocenters. The highest BCUT2D eigenvalue weighted by Crippen LogP contribution is 2.31. The van der Waals surface area contributed by atoms with E-state index in [1.807, 2.05) is 36.4 Å². The van der Waals surface area contributed by atoms with E-state index in [2.05, 4.69) is 47.2 Å². The lowest BCUT2D eigenvalue weighted by Gasteiger charge is -2.12. The van der Waals surface area contributed by atoms with Crippen molar-refractivity contribution in [3.05, 3.63) is 78.1 Å². The number of nitrogens with one attached hydrogen (secondary N) is 2. The second-order valence-electron chi connectivity index (χ2n) is 13.2. The lowest BCUT2D eigenvalue weighted by molar-refractivity contribution is -0.192. The number of aliphatic carboxylic acids is 1. The van der Waals surface area contributed by atoms with Gasteiger partial charge in [-0.15, -0.1) is 0 Å². The van der Waals surface area contributed by atoms with Crippen LogP contribution in [0.2, 0.25) is 0 Å². The molecule has 1 aromatic heterocycles. The Bertz CT molecular complexity index is 1760. The number of carboxylic acids is 1. The first-order valence-electron chi connectivity index (χ1n) is 18.8. The fraction of sp³-hybridized carbons (Fsp3) is 0.463. The lowest BCUT2D eigenvalue weighted by atomic mass is 10.0. The van der Waals surface area contributed by atoms with Crippen LogP contribution in [0.25, 0.3) is 22.2 Å². The van der Waals surface area contributed by atoms with Crippen LogP contribution >= 0.6 is 0 Å². The van der Waals surface area contributed by atoms with Gasteiger partial charge in [0.15, 0.2) is 0 Å². The quantitative estimate of drug-likeness (QED) is 0.0374. The zero-order valence-electron chi connectivity index (χ0n) is 31.2. The number of carboxylic acid groups (broad SMARTS) is 2. The molecular weight excluding hydrogens is 701 g/mol. The van der Waals surface area contributed by atoms with E-state index in [1.165, 1.54) is 57.8 Å². The number of carbonyl (C=O) groups excluding carboxylic acids is 1. The van der Waals surface area contributed by atoms with Gasteiger partial charge in [-0.1, -0.05) is 121 Å². The van der Waals surface area contributed by atoms with Gasteiger partial charge in [-0.25, -0.2) is 14.6 Å². The summed E-state index contributed by atoms with van der Waals surface area (Å²) in [7, 11) is 0. The lowest BCUT2D eigenvalue weighted by Crippen LogP contribution is -2.30. The Morgan fingerprint density at radius 3 is 2.02 bits per heavy atom. The molecule has 0 aliphatic heterocycles. The molecule has 4 rings (SSSR count). The highest BCUT2D eigenvalue weighted by molar-refractivity contribution is 5.84. The number of halogens is 3. The molecule has 0 aliphatic rings. The van der Waals surface area contributed by atoms with E-state index in [-0.39, 0.29) is 12.5 Å². The van der Waals surface area contributed by atoms with Crippen molar-refractivity contribution in [2.24, 2.45) is 0 Å². The average molecular weight is 755 g/mol. The van der Waals surface area contributed by atoms with Crippen molar-refractivity contribution in [1.82, 2.24) is 14.9 Å². The number of rotatable bonds is 21. The van der Waals surface area contributed by atoms with E-state index in [0.717, 1.165) is 71.5 Å². The SMILES string of the molecule is CCCCCCCCCCCCNC(=O)CNc1ccc2nc(CCCC)n(Cc3ccc(-c4ccccc4OC(=O)O)cc3)c2c1.O=C(O)C(F)(F)F. The van der Waals surface area contributed by atoms with Crippen molar-refractivity contribution >= 4 is 34.8 Å². The zero-order chi connectivity index (χ0) is 39.3. The Morgan fingerprint density at radius 2 is 1.41 bits per heavy atom. The standard InChI is InChI=1S/C39H52N4O4.C2HF3O2/c1-3-5-7-8-9-10-11-12-13-16-26-40-38(44)28-41-32-24-25-34-35(27-32)43(37(42-34)19-6-4-2)29-30-20-22-31(23-21-30)33-17-14-15-18-36(33)47-39(45)46;3-2(4,5)1(6)7/h14-15,17-18,20-25,27,41H,3-13,16,19,26,28-29H2,1-2H3,(H,40,44)(H,45,46);(H,6,7). The molecule has 0 unspecified atom stereocenters. The number of alkyl halides is 3. The Kier molecular flexibility index (Phi) is 18.4. The Balaban J connectivity index is 0.00000102. The average Bonchev–Trinajstić information content (AvgIpc) is 3.48. The molecule has 4 aromatic rings. The number of para-hydroxylation sites is 1. The number of aromatic nitrogens is 2. The van der Waals surface area contributed by atoms with Crippen molar-refractivity contribution in [1.29, 1.82) is 0 Å². The number of amides is 1. The Hall–Kier alpha value is -5.07.